The largest absolute Gasteiger partial charge is 0.371 e. The molecule has 5 nitrogen and oxygen atoms in total. The Kier molecular flexibility index (Phi) is 3.89. The van der Waals surface area contributed by atoms with E-state index in [9.17, 15) is 8.42 Å². The lowest BCUT2D eigenvalue weighted by molar-refractivity contribution is 0.549. The van der Waals surface area contributed by atoms with E-state index >= 15 is 0 Å². The SMILES string of the molecule is CNCC1CCN(c2ccc(S(N)(=O)=O)cc2)C1. The van der Waals surface area contributed by atoms with Gasteiger partial charge in [0.15, 0.2) is 0 Å². The van der Waals surface area contributed by atoms with Gasteiger partial charge in [0, 0.05) is 18.8 Å². The van der Waals surface area contributed by atoms with Crippen LogP contribution in [0.15, 0.2) is 29.2 Å². The molecule has 100 valence electrons. The van der Waals surface area contributed by atoms with Crippen molar-refractivity contribution in [2.45, 2.75) is 11.3 Å². The number of nitrogens with one attached hydrogen (secondary N) is 1. The molecule has 1 unspecified atom stereocenters. The van der Waals surface area contributed by atoms with E-state index in [1.54, 1.807) is 12.1 Å². The van der Waals surface area contributed by atoms with Crippen LogP contribution in [-0.4, -0.2) is 35.1 Å². The van der Waals surface area contributed by atoms with E-state index in [2.05, 4.69) is 10.2 Å². The maximum Gasteiger partial charge on any atom is 0.238 e. The Balaban J connectivity index is 2.07. The zero-order valence-electron chi connectivity index (χ0n) is 10.5. The molecule has 3 N–H and O–H groups in total. The molecule has 0 bridgehead atoms. The molecule has 1 aromatic carbocycles. The van der Waals surface area contributed by atoms with Crippen molar-refractivity contribution in [3.05, 3.63) is 24.3 Å². The Bertz CT molecular complexity index is 499. The summed E-state index contributed by atoms with van der Waals surface area (Å²) in [5.41, 5.74) is 1.06. The maximum absolute atomic E-state index is 11.2. The second-order valence-corrected chi connectivity index (χ2v) is 6.26. The first-order chi connectivity index (χ1) is 8.50. The van der Waals surface area contributed by atoms with E-state index in [1.165, 1.54) is 0 Å². The van der Waals surface area contributed by atoms with Crippen molar-refractivity contribution in [3.63, 3.8) is 0 Å². The lowest BCUT2D eigenvalue weighted by atomic mass is 10.1. The summed E-state index contributed by atoms with van der Waals surface area (Å²) in [6, 6.07) is 6.77. The lowest BCUT2D eigenvalue weighted by Crippen LogP contribution is -2.24. The van der Waals surface area contributed by atoms with E-state index in [-0.39, 0.29) is 4.90 Å². The van der Waals surface area contributed by atoms with E-state index < -0.39 is 10.0 Å². The molecule has 0 spiro atoms. The van der Waals surface area contributed by atoms with Crippen LogP contribution >= 0.6 is 0 Å². The van der Waals surface area contributed by atoms with Crippen LogP contribution in [0.2, 0.25) is 0 Å². The molecule has 1 saturated heterocycles. The monoisotopic (exact) mass is 269 g/mol. The van der Waals surface area contributed by atoms with Gasteiger partial charge in [0.2, 0.25) is 10.0 Å². The first kappa shape index (κ1) is 13.3. The van der Waals surface area contributed by atoms with Crippen molar-refractivity contribution >= 4 is 15.7 Å². The number of anilines is 1. The molecule has 1 fully saturated rings. The summed E-state index contributed by atoms with van der Waals surface area (Å²) >= 11 is 0. The Morgan fingerprint density at radius 2 is 2.06 bits per heavy atom. The molecule has 0 aromatic heterocycles. The first-order valence-corrected chi connectivity index (χ1v) is 7.58. The molecule has 1 aliphatic heterocycles. The minimum absolute atomic E-state index is 0.164. The molecule has 2 rings (SSSR count). The van der Waals surface area contributed by atoms with Gasteiger partial charge >= 0.3 is 0 Å². The summed E-state index contributed by atoms with van der Waals surface area (Å²) in [7, 11) is -1.63. The van der Waals surface area contributed by atoms with Gasteiger partial charge < -0.3 is 10.2 Å². The van der Waals surface area contributed by atoms with Crippen LogP contribution in [0.25, 0.3) is 0 Å². The summed E-state index contributed by atoms with van der Waals surface area (Å²) < 4.78 is 22.3. The highest BCUT2D eigenvalue weighted by Crippen LogP contribution is 2.24. The zero-order valence-corrected chi connectivity index (χ0v) is 11.3. The fourth-order valence-corrected chi connectivity index (χ4v) is 2.88. The van der Waals surface area contributed by atoms with Crippen molar-refractivity contribution in [2.75, 3.05) is 31.6 Å². The minimum atomic E-state index is -3.59. The normalized spacial score (nSPS) is 20.3. The molecule has 0 radical (unpaired) electrons. The number of hydrogen-bond donors (Lipinski definition) is 2. The highest BCUT2D eigenvalue weighted by molar-refractivity contribution is 7.89. The lowest BCUT2D eigenvalue weighted by Gasteiger charge is -2.18. The smallest absolute Gasteiger partial charge is 0.238 e. The van der Waals surface area contributed by atoms with Gasteiger partial charge in [-0.05, 0) is 50.2 Å². The van der Waals surface area contributed by atoms with Crippen LogP contribution in [0.5, 0.6) is 0 Å². The molecule has 1 atom stereocenters. The van der Waals surface area contributed by atoms with Crippen molar-refractivity contribution in [3.8, 4) is 0 Å². The fourth-order valence-electron chi connectivity index (χ4n) is 2.37. The maximum atomic E-state index is 11.2. The summed E-state index contributed by atoms with van der Waals surface area (Å²) in [6.07, 6.45) is 1.16. The number of sulfonamides is 1. The molecule has 0 aliphatic carbocycles. The van der Waals surface area contributed by atoms with Crippen LogP contribution in [-0.2, 0) is 10.0 Å². The average molecular weight is 269 g/mol. The van der Waals surface area contributed by atoms with Gasteiger partial charge in [0.1, 0.15) is 0 Å². The fraction of sp³-hybridized carbons (Fsp3) is 0.500. The molecule has 1 aromatic rings. The number of rotatable bonds is 4. The second kappa shape index (κ2) is 5.26. The van der Waals surface area contributed by atoms with Gasteiger partial charge in [-0.3, -0.25) is 0 Å². The average Bonchev–Trinajstić information content (AvgIpc) is 2.77. The Morgan fingerprint density at radius 3 is 2.61 bits per heavy atom. The van der Waals surface area contributed by atoms with E-state index in [4.69, 9.17) is 5.14 Å². The quantitative estimate of drug-likeness (QED) is 0.828. The van der Waals surface area contributed by atoms with Crippen molar-refractivity contribution < 1.29 is 8.42 Å². The van der Waals surface area contributed by atoms with E-state index in [0.29, 0.717) is 5.92 Å². The molecular weight excluding hydrogens is 250 g/mol. The third-order valence-electron chi connectivity index (χ3n) is 3.31. The van der Waals surface area contributed by atoms with Gasteiger partial charge in [-0.15, -0.1) is 0 Å². The topological polar surface area (TPSA) is 75.4 Å². The number of primary sulfonamides is 1. The van der Waals surface area contributed by atoms with Crippen molar-refractivity contribution in [1.29, 1.82) is 0 Å². The number of nitrogens with two attached hydrogens (primary N) is 1. The predicted octanol–water partition coefficient (Wildman–Crippen LogP) is 0.380. The molecule has 1 aliphatic rings. The molecule has 0 amide bonds. The first-order valence-electron chi connectivity index (χ1n) is 6.03. The Morgan fingerprint density at radius 1 is 1.39 bits per heavy atom. The van der Waals surface area contributed by atoms with Gasteiger partial charge in [0.05, 0.1) is 4.90 Å². The van der Waals surface area contributed by atoms with E-state index in [0.717, 1.165) is 31.7 Å². The Labute approximate surface area is 108 Å². The van der Waals surface area contributed by atoms with Gasteiger partial charge in [0.25, 0.3) is 0 Å². The highest BCUT2D eigenvalue weighted by Gasteiger charge is 2.22. The van der Waals surface area contributed by atoms with Crippen LogP contribution in [0, 0.1) is 5.92 Å². The summed E-state index contributed by atoms with van der Waals surface area (Å²) in [6.45, 7) is 3.04. The predicted molar refractivity (Wildman–Crippen MR) is 72.1 cm³/mol. The molecule has 6 heteroatoms. The van der Waals surface area contributed by atoms with Gasteiger partial charge in [-0.25, -0.2) is 13.6 Å². The summed E-state index contributed by atoms with van der Waals surface area (Å²) in [5.74, 6) is 0.660. The van der Waals surface area contributed by atoms with Crippen LogP contribution in [0.1, 0.15) is 6.42 Å². The number of benzene rings is 1. The minimum Gasteiger partial charge on any atom is -0.371 e. The van der Waals surface area contributed by atoms with E-state index in [1.807, 2.05) is 19.2 Å². The van der Waals surface area contributed by atoms with Crippen LogP contribution < -0.4 is 15.4 Å². The van der Waals surface area contributed by atoms with Crippen molar-refractivity contribution in [1.82, 2.24) is 5.32 Å². The summed E-state index contributed by atoms with van der Waals surface area (Å²) in [4.78, 5) is 2.44. The van der Waals surface area contributed by atoms with Gasteiger partial charge in [-0.2, -0.15) is 0 Å². The zero-order chi connectivity index (χ0) is 13.2. The van der Waals surface area contributed by atoms with Crippen LogP contribution in [0.3, 0.4) is 0 Å². The van der Waals surface area contributed by atoms with Gasteiger partial charge in [-0.1, -0.05) is 0 Å². The Hall–Kier alpha value is -1.11. The molecular formula is C12H19N3O2S. The van der Waals surface area contributed by atoms with Crippen molar-refractivity contribution in [2.24, 2.45) is 11.1 Å². The van der Waals surface area contributed by atoms with Crippen LogP contribution in [0.4, 0.5) is 5.69 Å². The molecule has 0 saturated carbocycles. The number of hydrogen-bond acceptors (Lipinski definition) is 4. The summed E-state index contributed by atoms with van der Waals surface area (Å²) in [5, 5.41) is 8.26. The molecule has 1 heterocycles. The highest BCUT2D eigenvalue weighted by atomic mass is 32.2. The third kappa shape index (κ3) is 3.01. The molecule has 18 heavy (non-hydrogen) atoms. The standard InChI is InChI=1S/C12H19N3O2S/c1-14-8-10-6-7-15(9-10)11-2-4-12(5-3-11)18(13,16)17/h2-5,10,14H,6-9H2,1H3,(H2,13,16,17). The second-order valence-electron chi connectivity index (χ2n) is 4.70. The number of nitrogens with zero attached hydrogens (tertiary/aromatic N) is 1. The third-order valence-corrected chi connectivity index (χ3v) is 4.24.